The second-order valence-corrected chi connectivity index (χ2v) is 6.64. The zero-order chi connectivity index (χ0) is 20.2. The van der Waals surface area contributed by atoms with E-state index in [9.17, 15) is 9.70 Å². The molecule has 0 saturated carbocycles. The number of aromatic nitrogens is 3. The molecule has 0 aliphatic rings. The van der Waals surface area contributed by atoms with Gasteiger partial charge >= 0.3 is 0 Å². The summed E-state index contributed by atoms with van der Waals surface area (Å²) in [7, 11) is 1.83. The van der Waals surface area contributed by atoms with Crippen LogP contribution in [0.25, 0.3) is 16.5 Å². The zero-order valence-electron chi connectivity index (χ0n) is 15.9. The zero-order valence-corrected chi connectivity index (χ0v) is 15.9. The van der Waals surface area contributed by atoms with Gasteiger partial charge in [-0.05, 0) is 29.7 Å². The molecule has 4 aromatic rings. The Bertz CT molecular complexity index is 1310. The quantitative estimate of drug-likeness (QED) is 0.401. The van der Waals surface area contributed by atoms with E-state index in [1.165, 1.54) is 0 Å². The van der Waals surface area contributed by atoms with Crippen molar-refractivity contribution in [1.82, 2.24) is 14.3 Å². The third-order valence-corrected chi connectivity index (χ3v) is 4.64. The monoisotopic (exact) mass is 382 g/mol. The lowest BCUT2D eigenvalue weighted by atomic mass is 10.0. The second-order valence-electron chi connectivity index (χ2n) is 6.64. The highest BCUT2D eigenvalue weighted by Gasteiger charge is 2.13. The maximum absolute atomic E-state index is 13.5. The third-order valence-electron chi connectivity index (χ3n) is 4.64. The molecule has 4 rings (SSSR count). The lowest BCUT2D eigenvalue weighted by Gasteiger charge is -2.14. The van der Waals surface area contributed by atoms with Crippen LogP contribution >= 0.6 is 0 Å². The Morgan fingerprint density at radius 2 is 1.90 bits per heavy atom. The minimum Gasteiger partial charge on any atom is -0.281 e. The van der Waals surface area contributed by atoms with Crippen LogP contribution in [0.5, 0.6) is 0 Å². The molecule has 2 heterocycles. The fourth-order valence-corrected chi connectivity index (χ4v) is 3.35. The van der Waals surface area contributed by atoms with Crippen molar-refractivity contribution in [3.8, 4) is 17.5 Å². The molecule has 0 spiro atoms. The van der Waals surface area contributed by atoms with Gasteiger partial charge in [0.2, 0.25) is 0 Å². The van der Waals surface area contributed by atoms with E-state index in [-0.39, 0.29) is 12.1 Å². The number of hydrogen-bond donors (Lipinski definition) is 0. The van der Waals surface area contributed by atoms with E-state index in [0.717, 1.165) is 22.3 Å². The highest BCUT2D eigenvalue weighted by molar-refractivity contribution is 5.88. The molecule has 0 amide bonds. The van der Waals surface area contributed by atoms with E-state index in [1.807, 2.05) is 67.8 Å². The van der Waals surface area contributed by atoms with Crippen molar-refractivity contribution in [2.24, 2.45) is 12.2 Å². The van der Waals surface area contributed by atoms with Crippen molar-refractivity contribution in [3.63, 3.8) is 0 Å². The first-order chi connectivity index (χ1) is 14.2. The summed E-state index contributed by atoms with van der Waals surface area (Å²) in [6.45, 7) is 0.109. The molecule has 2 aromatic carbocycles. The number of fused-ring (bicyclic) bond motifs is 1. The smallest absolute Gasteiger partial charge is 0.264 e. The number of nitrogens with zero attached hydrogens (tertiary/aromatic N) is 4. The fourth-order valence-electron chi connectivity index (χ4n) is 3.35. The van der Waals surface area contributed by atoms with Crippen LogP contribution in [-0.4, -0.2) is 20.9 Å². The molecule has 0 saturated heterocycles. The molecule has 0 aliphatic carbocycles. The molecule has 2 aromatic heterocycles. The molecular weight excluding hydrogens is 364 g/mol. The van der Waals surface area contributed by atoms with Crippen molar-refractivity contribution in [3.05, 3.63) is 99.1 Å². The molecule has 142 valence electrons. The Balaban J connectivity index is 1.95. The molecular formula is C23H18N4O2. The van der Waals surface area contributed by atoms with Gasteiger partial charge in [0.05, 0.1) is 23.7 Å². The lowest BCUT2D eigenvalue weighted by molar-refractivity contribution is 0.767. The normalized spacial score (nSPS) is 10.5. The van der Waals surface area contributed by atoms with Gasteiger partial charge in [-0.25, -0.2) is 0 Å². The SMILES string of the molecule is Cn1cc(C#Cc2cccc3cc(CCN=O)n(-c4ccccc4)c(=O)c23)cn1. The minimum atomic E-state index is -0.161. The van der Waals surface area contributed by atoms with Gasteiger partial charge in [-0.2, -0.15) is 10.0 Å². The molecule has 0 radical (unpaired) electrons. The standard InChI is InChI=1S/C23H18N4O2/c1-26-16-17(15-24-26)10-11-18-6-5-7-19-14-21(12-13-25-29)27(23(28)22(18)19)20-8-3-2-4-9-20/h2-9,14-16H,12-13H2,1H3. The predicted molar refractivity (Wildman–Crippen MR) is 113 cm³/mol. The van der Waals surface area contributed by atoms with Crippen LogP contribution in [0.15, 0.2) is 77.0 Å². The summed E-state index contributed by atoms with van der Waals surface area (Å²) >= 11 is 0. The van der Waals surface area contributed by atoms with E-state index in [1.54, 1.807) is 15.4 Å². The predicted octanol–water partition coefficient (Wildman–Crippen LogP) is 3.43. The molecule has 0 aliphatic heterocycles. The number of nitroso groups, excluding NO2 is 1. The van der Waals surface area contributed by atoms with Gasteiger partial charge in [0.1, 0.15) is 0 Å². The van der Waals surface area contributed by atoms with E-state index in [4.69, 9.17) is 0 Å². The average molecular weight is 382 g/mol. The Morgan fingerprint density at radius 3 is 2.62 bits per heavy atom. The molecule has 6 nitrogen and oxygen atoms in total. The molecule has 0 bridgehead atoms. The number of hydrogen-bond acceptors (Lipinski definition) is 4. The van der Waals surface area contributed by atoms with Gasteiger partial charge in [-0.1, -0.05) is 47.3 Å². The topological polar surface area (TPSA) is 69.2 Å². The van der Waals surface area contributed by atoms with Gasteiger partial charge in [0.25, 0.3) is 5.56 Å². The maximum atomic E-state index is 13.5. The largest absolute Gasteiger partial charge is 0.281 e. The van der Waals surface area contributed by atoms with Crippen LogP contribution in [0, 0.1) is 16.7 Å². The Hall–Kier alpha value is -3.98. The van der Waals surface area contributed by atoms with Crippen molar-refractivity contribution in [1.29, 1.82) is 0 Å². The summed E-state index contributed by atoms with van der Waals surface area (Å²) in [4.78, 5) is 24.2. The molecule has 0 N–H and O–H groups in total. The number of aryl methyl sites for hydroxylation is 1. The van der Waals surface area contributed by atoms with Crippen LogP contribution in [0.4, 0.5) is 0 Å². The first-order valence-corrected chi connectivity index (χ1v) is 9.20. The van der Waals surface area contributed by atoms with Gasteiger partial charge in [0, 0.05) is 36.6 Å². The van der Waals surface area contributed by atoms with Gasteiger partial charge in [-0.15, -0.1) is 0 Å². The molecule has 29 heavy (non-hydrogen) atoms. The second kappa shape index (κ2) is 7.95. The number of benzene rings is 2. The number of pyridine rings is 1. The highest BCUT2D eigenvalue weighted by atomic mass is 16.3. The van der Waals surface area contributed by atoms with E-state index in [0.29, 0.717) is 17.4 Å². The van der Waals surface area contributed by atoms with E-state index in [2.05, 4.69) is 22.1 Å². The van der Waals surface area contributed by atoms with E-state index < -0.39 is 0 Å². The third kappa shape index (κ3) is 3.71. The fraction of sp³-hybridized carbons (Fsp3) is 0.130. The maximum Gasteiger partial charge on any atom is 0.264 e. The van der Waals surface area contributed by atoms with E-state index >= 15 is 0 Å². The molecule has 6 heteroatoms. The van der Waals surface area contributed by atoms with Crippen molar-refractivity contribution in [2.75, 3.05) is 6.54 Å². The summed E-state index contributed by atoms with van der Waals surface area (Å²) < 4.78 is 3.33. The van der Waals surface area contributed by atoms with Gasteiger partial charge in [-0.3, -0.25) is 14.0 Å². The number of para-hydroxylation sites is 1. The van der Waals surface area contributed by atoms with Crippen molar-refractivity contribution in [2.45, 2.75) is 6.42 Å². The summed E-state index contributed by atoms with van der Waals surface area (Å²) in [5, 5.41) is 8.42. The summed E-state index contributed by atoms with van der Waals surface area (Å²) in [5.41, 5.74) is 2.76. The van der Waals surface area contributed by atoms with Crippen LogP contribution < -0.4 is 5.56 Å². The van der Waals surface area contributed by atoms with Crippen molar-refractivity contribution >= 4 is 10.8 Å². The molecule has 0 fully saturated rings. The first-order valence-electron chi connectivity index (χ1n) is 9.20. The number of rotatable bonds is 4. The van der Waals surface area contributed by atoms with Crippen LogP contribution in [-0.2, 0) is 13.5 Å². The summed E-state index contributed by atoms with van der Waals surface area (Å²) in [6.07, 6.45) is 3.89. The Kier molecular flexibility index (Phi) is 5.04. The molecule has 0 atom stereocenters. The van der Waals surface area contributed by atoms with Crippen LogP contribution in [0.2, 0.25) is 0 Å². The summed E-state index contributed by atoms with van der Waals surface area (Å²) in [5.74, 6) is 6.19. The van der Waals surface area contributed by atoms with Gasteiger partial charge < -0.3 is 0 Å². The molecule has 0 unspecified atom stereocenters. The lowest BCUT2D eigenvalue weighted by Crippen LogP contribution is -2.23. The Morgan fingerprint density at radius 1 is 1.07 bits per heavy atom. The first kappa shape index (κ1) is 18.4. The van der Waals surface area contributed by atoms with Crippen molar-refractivity contribution < 1.29 is 0 Å². The van der Waals surface area contributed by atoms with Crippen LogP contribution in [0.3, 0.4) is 0 Å². The highest BCUT2D eigenvalue weighted by Crippen LogP contribution is 2.19. The van der Waals surface area contributed by atoms with Gasteiger partial charge in [0.15, 0.2) is 0 Å². The summed E-state index contributed by atoms with van der Waals surface area (Å²) in [6, 6.07) is 16.9. The Labute approximate surface area is 167 Å². The average Bonchev–Trinajstić information content (AvgIpc) is 3.16. The van der Waals surface area contributed by atoms with Crippen LogP contribution in [0.1, 0.15) is 16.8 Å². The minimum absolute atomic E-state index is 0.109.